The summed E-state index contributed by atoms with van der Waals surface area (Å²) in [6.45, 7) is 6.14. The third kappa shape index (κ3) is 2.21. The number of benzene rings is 2. The molecule has 0 bridgehead atoms. The number of hydrogen-bond donors (Lipinski definition) is 3. The van der Waals surface area contributed by atoms with E-state index in [1.165, 1.54) is 6.07 Å². The van der Waals surface area contributed by atoms with Gasteiger partial charge >= 0.3 is 5.97 Å². The number of aromatic carboxylic acids is 1. The van der Waals surface area contributed by atoms with Crippen LogP contribution in [-0.2, 0) is 5.41 Å². The minimum Gasteiger partial charge on any atom is -0.504 e. The summed E-state index contributed by atoms with van der Waals surface area (Å²) in [7, 11) is 0. The van der Waals surface area contributed by atoms with Crippen LogP contribution in [0.5, 0.6) is 11.5 Å². The van der Waals surface area contributed by atoms with Crippen LogP contribution < -0.4 is 0 Å². The molecule has 0 aliphatic carbocycles. The van der Waals surface area contributed by atoms with Crippen LogP contribution in [-0.4, -0.2) is 21.3 Å². The van der Waals surface area contributed by atoms with Crippen molar-refractivity contribution >= 4 is 16.7 Å². The van der Waals surface area contributed by atoms with Gasteiger partial charge < -0.3 is 15.3 Å². The van der Waals surface area contributed by atoms with Gasteiger partial charge in [-0.3, -0.25) is 0 Å². The summed E-state index contributed by atoms with van der Waals surface area (Å²) in [5.74, 6) is -2.25. The molecule has 0 aliphatic heterocycles. The zero-order valence-corrected chi connectivity index (χ0v) is 11.1. The number of carboxylic acid groups (broad SMARTS) is 1. The third-order valence-electron chi connectivity index (χ3n) is 3.18. The van der Waals surface area contributed by atoms with Crippen LogP contribution in [0.1, 0.15) is 36.7 Å². The Morgan fingerprint density at radius 3 is 2.21 bits per heavy atom. The number of rotatable bonds is 1. The van der Waals surface area contributed by atoms with E-state index >= 15 is 0 Å². The Bertz CT molecular complexity index is 666. The predicted molar refractivity (Wildman–Crippen MR) is 72.9 cm³/mol. The normalized spacial score (nSPS) is 11.7. The average Bonchev–Trinajstić information content (AvgIpc) is 2.31. The van der Waals surface area contributed by atoms with E-state index in [0.717, 1.165) is 5.56 Å². The molecular weight excluding hydrogens is 244 g/mol. The first-order chi connectivity index (χ1) is 8.71. The van der Waals surface area contributed by atoms with E-state index in [1.807, 2.05) is 32.9 Å². The minimum absolute atomic E-state index is 0.0783. The zero-order valence-electron chi connectivity index (χ0n) is 11.1. The predicted octanol–water partition coefficient (Wildman–Crippen LogP) is 3.25. The van der Waals surface area contributed by atoms with Gasteiger partial charge in [-0.25, -0.2) is 4.79 Å². The molecule has 100 valence electrons. The van der Waals surface area contributed by atoms with Crippen molar-refractivity contribution in [2.75, 3.05) is 0 Å². The molecule has 3 N–H and O–H groups in total. The van der Waals surface area contributed by atoms with Gasteiger partial charge in [-0.05, 0) is 22.4 Å². The summed E-state index contributed by atoms with van der Waals surface area (Å²) in [5.41, 5.74) is 0.655. The molecule has 0 atom stereocenters. The van der Waals surface area contributed by atoms with Crippen molar-refractivity contribution in [3.63, 3.8) is 0 Å². The number of aromatic hydroxyl groups is 2. The molecule has 0 aliphatic rings. The standard InChI is InChI=1S/C15H16O4/c1-15(2,3)9-4-5-10-8(6-9)7-11(14(18)19)13(17)12(10)16/h4-7,16-17H,1-3H3,(H,18,19). The maximum Gasteiger partial charge on any atom is 0.339 e. The van der Waals surface area contributed by atoms with E-state index in [0.29, 0.717) is 10.8 Å². The Morgan fingerprint density at radius 1 is 1.05 bits per heavy atom. The maximum atomic E-state index is 11.0. The van der Waals surface area contributed by atoms with Crippen molar-refractivity contribution in [3.8, 4) is 11.5 Å². The first kappa shape index (κ1) is 13.2. The first-order valence-electron chi connectivity index (χ1n) is 5.94. The maximum absolute atomic E-state index is 11.0. The first-order valence-corrected chi connectivity index (χ1v) is 5.94. The van der Waals surface area contributed by atoms with Gasteiger partial charge in [0.1, 0.15) is 5.56 Å². The molecule has 0 saturated carbocycles. The zero-order chi connectivity index (χ0) is 14.4. The van der Waals surface area contributed by atoms with Crippen molar-refractivity contribution in [2.24, 2.45) is 0 Å². The highest BCUT2D eigenvalue weighted by molar-refractivity contribution is 6.01. The van der Waals surface area contributed by atoms with Gasteiger partial charge in [0.2, 0.25) is 0 Å². The van der Waals surface area contributed by atoms with Gasteiger partial charge in [0.25, 0.3) is 0 Å². The second kappa shape index (κ2) is 4.16. The summed E-state index contributed by atoms with van der Waals surface area (Å²) in [6.07, 6.45) is 0. The molecule has 19 heavy (non-hydrogen) atoms. The Labute approximate surface area is 110 Å². The van der Waals surface area contributed by atoms with E-state index in [4.69, 9.17) is 5.11 Å². The summed E-state index contributed by atoms with van der Waals surface area (Å²) < 4.78 is 0. The molecule has 0 fully saturated rings. The fraction of sp³-hybridized carbons (Fsp3) is 0.267. The number of phenols is 2. The third-order valence-corrected chi connectivity index (χ3v) is 3.18. The van der Waals surface area contributed by atoms with Crippen molar-refractivity contribution in [1.82, 2.24) is 0 Å². The van der Waals surface area contributed by atoms with Crippen molar-refractivity contribution in [1.29, 1.82) is 0 Å². The smallest absolute Gasteiger partial charge is 0.339 e. The van der Waals surface area contributed by atoms with Gasteiger partial charge in [-0.1, -0.05) is 39.0 Å². The molecule has 0 radical (unpaired) electrons. The number of fused-ring (bicyclic) bond motifs is 1. The summed E-state index contributed by atoms with van der Waals surface area (Å²) >= 11 is 0. The lowest BCUT2D eigenvalue weighted by molar-refractivity contribution is 0.0693. The molecule has 0 spiro atoms. The van der Waals surface area contributed by atoms with Gasteiger partial charge in [0, 0.05) is 5.39 Å². The minimum atomic E-state index is -1.27. The topological polar surface area (TPSA) is 77.8 Å². The van der Waals surface area contributed by atoms with E-state index in [2.05, 4.69) is 0 Å². The summed E-state index contributed by atoms with van der Waals surface area (Å²) in [5, 5.41) is 29.6. The Balaban J connectivity index is 2.79. The van der Waals surface area contributed by atoms with E-state index < -0.39 is 17.5 Å². The highest BCUT2D eigenvalue weighted by atomic mass is 16.4. The molecule has 4 nitrogen and oxygen atoms in total. The van der Waals surface area contributed by atoms with Gasteiger partial charge in [-0.2, -0.15) is 0 Å². The van der Waals surface area contributed by atoms with Gasteiger partial charge in [0.15, 0.2) is 11.5 Å². The van der Waals surface area contributed by atoms with E-state index in [1.54, 1.807) is 6.07 Å². The average molecular weight is 260 g/mol. The number of carboxylic acids is 1. The largest absolute Gasteiger partial charge is 0.504 e. The van der Waals surface area contributed by atoms with E-state index in [9.17, 15) is 15.0 Å². The number of phenolic OH excluding ortho intramolecular Hbond substituents is 1. The molecule has 0 amide bonds. The molecule has 0 aromatic heterocycles. The molecule has 0 unspecified atom stereocenters. The molecular formula is C15H16O4. The molecule has 0 saturated heterocycles. The van der Waals surface area contributed by atoms with Crippen LogP contribution in [0.4, 0.5) is 0 Å². The fourth-order valence-corrected chi connectivity index (χ4v) is 2.01. The number of hydrogen-bond acceptors (Lipinski definition) is 3. The monoisotopic (exact) mass is 260 g/mol. The van der Waals surface area contributed by atoms with Crippen LogP contribution in [0.25, 0.3) is 10.8 Å². The summed E-state index contributed by atoms with van der Waals surface area (Å²) in [4.78, 5) is 11.0. The van der Waals surface area contributed by atoms with Crippen LogP contribution in [0.3, 0.4) is 0 Å². The summed E-state index contributed by atoms with van der Waals surface area (Å²) in [6, 6.07) is 6.77. The van der Waals surface area contributed by atoms with Crippen LogP contribution in [0, 0.1) is 0 Å². The lowest BCUT2D eigenvalue weighted by atomic mass is 9.85. The van der Waals surface area contributed by atoms with Crippen LogP contribution in [0.2, 0.25) is 0 Å². The van der Waals surface area contributed by atoms with E-state index in [-0.39, 0.29) is 11.0 Å². The van der Waals surface area contributed by atoms with Gasteiger partial charge in [-0.15, -0.1) is 0 Å². The van der Waals surface area contributed by atoms with Gasteiger partial charge in [0.05, 0.1) is 0 Å². The molecule has 0 heterocycles. The van der Waals surface area contributed by atoms with Crippen LogP contribution >= 0.6 is 0 Å². The molecule has 4 heteroatoms. The van der Waals surface area contributed by atoms with Crippen LogP contribution in [0.15, 0.2) is 24.3 Å². The lowest BCUT2D eigenvalue weighted by Gasteiger charge is -2.20. The quantitative estimate of drug-likeness (QED) is 0.688. The lowest BCUT2D eigenvalue weighted by Crippen LogP contribution is -2.10. The SMILES string of the molecule is CC(C)(C)c1ccc2c(O)c(O)c(C(=O)O)cc2c1. The highest BCUT2D eigenvalue weighted by Gasteiger charge is 2.19. The Kier molecular flexibility index (Phi) is 2.89. The highest BCUT2D eigenvalue weighted by Crippen LogP contribution is 2.38. The second-order valence-corrected chi connectivity index (χ2v) is 5.61. The molecule has 2 aromatic carbocycles. The van der Waals surface area contributed by atoms with Crippen molar-refractivity contribution in [3.05, 3.63) is 35.4 Å². The Hall–Kier alpha value is -2.23. The van der Waals surface area contributed by atoms with Crippen molar-refractivity contribution in [2.45, 2.75) is 26.2 Å². The second-order valence-electron chi connectivity index (χ2n) is 5.61. The fourth-order valence-electron chi connectivity index (χ4n) is 2.01. The molecule has 2 aromatic rings. The van der Waals surface area contributed by atoms with Crippen molar-refractivity contribution < 1.29 is 20.1 Å². The Morgan fingerprint density at radius 2 is 1.68 bits per heavy atom. The molecule has 2 rings (SSSR count). The number of carbonyl (C=O) groups is 1.